The highest BCUT2D eigenvalue weighted by Crippen LogP contribution is 2.34. The molecule has 3 aromatic rings. The minimum atomic E-state index is -0.593. The lowest BCUT2D eigenvalue weighted by atomic mass is 10.0. The van der Waals surface area contributed by atoms with E-state index in [1.54, 1.807) is 45.7 Å². The molecule has 352 valence electrons. The van der Waals surface area contributed by atoms with Crippen molar-refractivity contribution in [2.75, 3.05) is 63.5 Å². The van der Waals surface area contributed by atoms with Crippen LogP contribution in [0.1, 0.15) is 72.4 Å². The van der Waals surface area contributed by atoms with Gasteiger partial charge in [0.05, 0.1) is 29.0 Å². The fraction of sp³-hybridized carbons (Fsp3) is 0.404. The Morgan fingerprint density at radius 3 is 2.35 bits per heavy atom. The van der Waals surface area contributed by atoms with Crippen molar-refractivity contribution in [1.29, 1.82) is 0 Å². The van der Waals surface area contributed by atoms with Crippen LogP contribution in [0, 0.1) is 6.92 Å². The van der Waals surface area contributed by atoms with Gasteiger partial charge in [-0.3, -0.25) is 24.0 Å². The van der Waals surface area contributed by atoms with E-state index in [0.717, 1.165) is 79.7 Å². The van der Waals surface area contributed by atoms with Crippen molar-refractivity contribution < 1.29 is 28.4 Å². The maximum Gasteiger partial charge on any atom is 0.242 e. The lowest BCUT2D eigenvalue weighted by Crippen LogP contribution is -2.46. The summed E-state index contributed by atoms with van der Waals surface area (Å²) in [5.74, 6) is 1.11. The van der Waals surface area contributed by atoms with Crippen LogP contribution < -0.4 is 41.7 Å². The molecule has 2 aromatic heterocycles. The molecule has 1 fully saturated rings. The molecule has 65 heavy (non-hydrogen) atoms. The Hall–Kier alpha value is -6.95. The Labute approximate surface area is 382 Å². The number of aromatic amines is 1. The second-order valence-electron chi connectivity index (χ2n) is 15.1. The third kappa shape index (κ3) is 19.1. The van der Waals surface area contributed by atoms with Crippen molar-refractivity contribution in [1.82, 2.24) is 36.2 Å². The topological polar surface area (TPSA) is 223 Å². The summed E-state index contributed by atoms with van der Waals surface area (Å²) in [4.78, 5) is 77.6. The molecule has 4 rings (SSSR count). The Balaban J connectivity index is 0.000000394. The van der Waals surface area contributed by atoms with Crippen LogP contribution >= 0.6 is 0 Å². The summed E-state index contributed by atoms with van der Waals surface area (Å²) in [6, 6.07) is 9.36. The number of anilines is 3. The Morgan fingerprint density at radius 1 is 1.06 bits per heavy atom. The number of nitrogens with one attached hydrogen (secondary N) is 5. The van der Waals surface area contributed by atoms with E-state index in [4.69, 9.17) is 5.73 Å². The van der Waals surface area contributed by atoms with Gasteiger partial charge < -0.3 is 46.7 Å². The third-order valence-corrected chi connectivity index (χ3v) is 9.91. The van der Waals surface area contributed by atoms with Crippen LogP contribution in [-0.2, 0) is 25.6 Å². The average molecular weight is 899 g/mol. The number of benzene rings is 1. The van der Waals surface area contributed by atoms with Gasteiger partial charge in [0.25, 0.3) is 0 Å². The zero-order valence-corrected chi connectivity index (χ0v) is 38.7. The Kier molecular flexibility index (Phi) is 25.2. The number of alkyl halides is 1. The number of pyridine rings is 1. The molecule has 2 heterocycles. The van der Waals surface area contributed by atoms with Gasteiger partial charge in [0.2, 0.25) is 18.7 Å². The number of aldehydes is 2. The largest absolute Gasteiger partial charge is 0.385 e. The summed E-state index contributed by atoms with van der Waals surface area (Å²) in [6.45, 7) is 6.43. The van der Waals surface area contributed by atoms with Gasteiger partial charge >= 0.3 is 0 Å². The molecule has 18 heteroatoms. The molecular weight excluding hydrogens is 832 g/mol. The number of rotatable bonds is 26. The summed E-state index contributed by atoms with van der Waals surface area (Å²) in [5, 5.41) is 11.1. The number of likely N-dealkylation sites (N-methyl/N-ethyl adjacent to an activating group) is 1. The van der Waals surface area contributed by atoms with E-state index < -0.39 is 12.2 Å². The standard InChI is InChI=1S/C23H36N4O3.C20H23N7O2.C4H8FN/c1-5-6-14-21(23(30)24-2)27(18-29)20-15-11-13-19(22(20)26(3)4)12-9-7-8-10-16-25-17-28;1-14-6-7-23-19(9-14)27(3)8-4-5-15(12-28)25-18(21)10-17(22-2)20-24-11-16(13-29)26-20;1-6-4-2-3(4)5/h5,11,13,15,17-18,21H,1,6-10,12,14,16H2,2-4H3,(H,24,30)(H,25,28);4-13,22H,1-3H3,(H2,21,25)(H,24,26);3-4,6H,2H2,1H3/b;8-4-,15-5+,17-10+;/t;;3-,4+/m..0/s1. The van der Waals surface area contributed by atoms with Gasteiger partial charge in [-0.2, -0.15) is 0 Å². The molecule has 1 aromatic carbocycles. The Morgan fingerprint density at radius 2 is 1.80 bits per heavy atom. The van der Waals surface area contributed by atoms with Crippen LogP contribution in [0.5, 0.6) is 0 Å². The third-order valence-electron chi connectivity index (χ3n) is 9.91. The van der Waals surface area contributed by atoms with Crippen molar-refractivity contribution in [3.05, 3.63) is 108 Å². The number of amides is 3. The van der Waals surface area contributed by atoms with E-state index >= 15 is 0 Å². The first-order valence-electron chi connectivity index (χ1n) is 21.4. The number of imidazole rings is 1. The number of unbranched alkanes of at least 4 members (excludes halogenated alkanes) is 3. The number of aromatic nitrogens is 3. The lowest BCUT2D eigenvalue weighted by molar-refractivity contribution is -0.123. The molecule has 0 bridgehead atoms. The molecule has 3 amide bonds. The van der Waals surface area contributed by atoms with Crippen LogP contribution in [0.4, 0.5) is 21.6 Å². The number of para-hydroxylation sites is 1. The molecule has 0 aliphatic heterocycles. The monoisotopic (exact) mass is 899 g/mol. The number of amidine groups is 1. The highest BCUT2D eigenvalue weighted by molar-refractivity contribution is 5.99. The molecule has 1 aliphatic rings. The number of carbonyl (C=O) groups excluding carboxylic acids is 5. The predicted octanol–water partition coefficient (Wildman–Crippen LogP) is 4.54. The number of nitrogens with zero attached hydrogens (tertiary/aromatic N) is 6. The molecule has 7 N–H and O–H groups in total. The first-order valence-corrected chi connectivity index (χ1v) is 21.4. The number of nitrogens with two attached hydrogens (primary N) is 1. The highest BCUT2D eigenvalue weighted by Gasteiger charge is 2.35. The van der Waals surface area contributed by atoms with Gasteiger partial charge in [-0.15, -0.1) is 6.58 Å². The van der Waals surface area contributed by atoms with E-state index in [-0.39, 0.29) is 23.5 Å². The van der Waals surface area contributed by atoms with Gasteiger partial charge in [-0.05, 0) is 94.0 Å². The van der Waals surface area contributed by atoms with Crippen LogP contribution in [0.25, 0.3) is 5.70 Å². The number of aryl methyl sites for hydroxylation is 2. The van der Waals surface area contributed by atoms with Crippen LogP contribution in [0.15, 0.2) is 90.5 Å². The van der Waals surface area contributed by atoms with Crippen LogP contribution in [0.2, 0.25) is 0 Å². The number of aliphatic imine (C=N–C) groups is 1. The number of allylic oxidation sites excluding steroid dienone is 4. The molecule has 17 nitrogen and oxygen atoms in total. The van der Waals surface area contributed by atoms with Gasteiger partial charge in [-0.25, -0.2) is 19.4 Å². The second kappa shape index (κ2) is 30.2. The van der Waals surface area contributed by atoms with Crippen molar-refractivity contribution in [2.24, 2.45) is 10.7 Å². The molecule has 0 saturated heterocycles. The van der Waals surface area contributed by atoms with Crippen LogP contribution in [0.3, 0.4) is 0 Å². The minimum Gasteiger partial charge on any atom is -0.385 e. The van der Waals surface area contributed by atoms with E-state index in [2.05, 4.69) is 53.9 Å². The average Bonchev–Trinajstić information content (AvgIpc) is 3.83. The lowest BCUT2D eigenvalue weighted by Gasteiger charge is -2.31. The van der Waals surface area contributed by atoms with Crippen molar-refractivity contribution in [3.63, 3.8) is 0 Å². The fourth-order valence-electron chi connectivity index (χ4n) is 6.34. The number of hydrogen-bond donors (Lipinski definition) is 6. The van der Waals surface area contributed by atoms with Crippen molar-refractivity contribution >= 4 is 60.0 Å². The number of hydrogen-bond acceptors (Lipinski definition) is 12. The summed E-state index contributed by atoms with van der Waals surface area (Å²) in [6.07, 6.45) is 20.4. The highest BCUT2D eigenvalue weighted by atomic mass is 19.1. The fourth-order valence-corrected chi connectivity index (χ4v) is 6.34. The summed E-state index contributed by atoms with van der Waals surface area (Å²) in [7, 11) is 10.8. The number of carbonyl (C=O) groups is 5. The molecule has 1 saturated carbocycles. The quantitative estimate of drug-likeness (QED) is 0.0124. The molecule has 0 radical (unpaired) electrons. The van der Waals surface area contributed by atoms with Crippen LogP contribution in [-0.4, -0.2) is 119 Å². The maximum absolute atomic E-state index is 12.5. The molecule has 3 atom stereocenters. The second-order valence-corrected chi connectivity index (χ2v) is 15.1. The van der Waals surface area contributed by atoms with E-state index in [1.165, 1.54) is 23.2 Å². The maximum atomic E-state index is 12.5. The predicted molar refractivity (Wildman–Crippen MR) is 258 cm³/mol. The smallest absolute Gasteiger partial charge is 0.242 e. The van der Waals surface area contributed by atoms with E-state index in [0.29, 0.717) is 49.2 Å². The summed E-state index contributed by atoms with van der Waals surface area (Å²) in [5.41, 5.74) is 10.9. The van der Waals surface area contributed by atoms with Gasteiger partial charge in [0.15, 0.2) is 18.4 Å². The normalized spacial score (nSPS) is 14.9. The summed E-state index contributed by atoms with van der Waals surface area (Å²) < 4.78 is 11.7. The molecule has 0 spiro atoms. The summed E-state index contributed by atoms with van der Waals surface area (Å²) >= 11 is 0. The van der Waals surface area contributed by atoms with E-state index in [9.17, 15) is 28.4 Å². The van der Waals surface area contributed by atoms with Gasteiger partial charge in [-0.1, -0.05) is 31.1 Å². The molecular formula is C47H67FN12O5. The van der Waals surface area contributed by atoms with Crippen molar-refractivity contribution in [2.45, 2.75) is 76.5 Å². The van der Waals surface area contributed by atoms with Crippen molar-refractivity contribution in [3.8, 4) is 0 Å². The first-order chi connectivity index (χ1) is 31.3. The zero-order valence-electron chi connectivity index (χ0n) is 38.7. The Bertz CT molecular complexity index is 2100. The minimum absolute atomic E-state index is 0.0962. The SMILES string of the molecule is C=CCCC(C(=O)NC)N(C=O)c1cccc(CCCCCCNC=O)c1N(C)C.CN/C(=C/C(N)=N\C(C=O)=C\C=C/N(C)c1cc(C)ccn1)c1ncc(C=O)[nH]1.CN[C@@H]1C[C@@H]1F. The first kappa shape index (κ1) is 54.2. The van der Waals surface area contributed by atoms with Gasteiger partial charge in [0, 0.05) is 66.3 Å². The molecule has 1 aliphatic carbocycles. The zero-order chi connectivity index (χ0) is 48.1. The van der Waals surface area contributed by atoms with E-state index in [1.807, 2.05) is 62.1 Å². The number of H-pyrrole nitrogens is 1. The number of halogens is 1. The molecule has 1 unspecified atom stereocenters. The van der Waals surface area contributed by atoms with Gasteiger partial charge in [0.1, 0.15) is 29.6 Å².